The van der Waals surface area contributed by atoms with E-state index in [0.29, 0.717) is 23.3 Å². The van der Waals surface area contributed by atoms with Gasteiger partial charge in [0.25, 0.3) is 5.56 Å². The summed E-state index contributed by atoms with van der Waals surface area (Å²) in [5.41, 5.74) is 3.61. The molecule has 5 rings (SSSR count). The third-order valence-electron chi connectivity index (χ3n) is 4.10. The maximum Gasteiger partial charge on any atom is 2.00 e. The quantitative estimate of drug-likeness (QED) is 0.313. The number of benzene rings is 2. The number of aromatic nitrogens is 6. The van der Waals surface area contributed by atoms with Gasteiger partial charge < -0.3 is 9.97 Å². The van der Waals surface area contributed by atoms with Crippen LogP contribution in [-0.4, -0.2) is 29.9 Å². The Labute approximate surface area is 190 Å². The van der Waals surface area contributed by atoms with E-state index in [-0.39, 0.29) is 36.7 Å². The van der Waals surface area contributed by atoms with Gasteiger partial charge in [0.2, 0.25) is 0 Å². The summed E-state index contributed by atoms with van der Waals surface area (Å²) in [4.78, 5) is 19.7. The van der Waals surface area contributed by atoms with E-state index in [1.54, 1.807) is 0 Å². The molecule has 29 heavy (non-hydrogen) atoms. The predicted molar refractivity (Wildman–Crippen MR) is 107 cm³/mol. The smallest absolute Gasteiger partial charge is 0.341 e. The first-order chi connectivity index (χ1) is 13.7. The van der Waals surface area contributed by atoms with Crippen LogP contribution in [0.15, 0.2) is 71.8 Å². The fourth-order valence-corrected chi connectivity index (χ4v) is 2.71. The molecule has 0 aliphatic rings. The van der Waals surface area contributed by atoms with Crippen LogP contribution in [0.5, 0.6) is 0 Å². The molecule has 0 spiro atoms. The van der Waals surface area contributed by atoms with Gasteiger partial charge in [0, 0.05) is 17.9 Å². The Morgan fingerprint density at radius 1 is 1.07 bits per heavy atom. The van der Waals surface area contributed by atoms with Crippen LogP contribution in [0.1, 0.15) is 11.3 Å². The van der Waals surface area contributed by atoms with Gasteiger partial charge in [-0.3, -0.25) is 15.0 Å². The van der Waals surface area contributed by atoms with Crippen molar-refractivity contribution in [3.8, 4) is 0 Å². The van der Waals surface area contributed by atoms with E-state index in [0.717, 1.165) is 16.5 Å². The van der Waals surface area contributed by atoms with Crippen molar-refractivity contribution < 1.29 is 31.1 Å². The van der Waals surface area contributed by atoms with Crippen molar-refractivity contribution >= 4 is 21.9 Å². The van der Waals surface area contributed by atoms with E-state index in [1.165, 1.54) is 17.1 Å². The first-order valence-corrected chi connectivity index (χ1v) is 8.60. The van der Waals surface area contributed by atoms with E-state index in [1.807, 2.05) is 54.6 Å². The van der Waals surface area contributed by atoms with Gasteiger partial charge in [-0.05, 0) is 22.8 Å². The number of nitrogens with one attached hydrogen (secondary N) is 1. The molecule has 8 heteroatoms. The minimum Gasteiger partial charge on any atom is -0.341 e. The molecule has 0 atom stereocenters. The number of rotatable bonds is 2. The largest absolute Gasteiger partial charge is 2.00 e. The maximum absolute atomic E-state index is 11.9. The van der Waals surface area contributed by atoms with Crippen LogP contribution < -0.4 is 5.56 Å². The van der Waals surface area contributed by atoms with Crippen molar-refractivity contribution in [1.82, 2.24) is 29.9 Å². The summed E-state index contributed by atoms with van der Waals surface area (Å²) >= 11 is 0. The number of para-hydroxylation sites is 1. The molecule has 5 aromatic rings. The molecular formula is C21H16N6OU. The predicted octanol–water partition coefficient (Wildman–Crippen LogP) is 2.78. The van der Waals surface area contributed by atoms with Crippen molar-refractivity contribution in [2.75, 3.05) is 0 Å². The van der Waals surface area contributed by atoms with Crippen molar-refractivity contribution in [3.63, 3.8) is 0 Å². The second kappa shape index (κ2) is 9.50. The minimum absolute atomic E-state index is 0. The molecule has 3 aromatic heterocycles. The summed E-state index contributed by atoms with van der Waals surface area (Å²) in [6.07, 6.45) is 4.34. The molecule has 7 nitrogen and oxygen atoms in total. The molecule has 0 saturated heterocycles. The van der Waals surface area contributed by atoms with Gasteiger partial charge in [0.15, 0.2) is 0 Å². The molecule has 0 aliphatic carbocycles. The van der Waals surface area contributed by atoms with Gasteiger partial charge in [0.05, 0.1) is 6.54 Å². The summed E-state index contributed by atoms with van der Waals surface area (Å²) in [6, 6.07) is 19.0. The van der Waals surface area contributed by atoms with E-state index < -0.39 is 0 Å². The average Bonchev–Trinajstić information content (AvgIpc) is 3.09. The zero-order valence-electron chi connectivity index (χ0n) is 15.4. The Bertz CT molecular complexity index is 1220. The van der Waals surface area contributed by atoms with Crippen LogP contribution in [0.25, 0.3) is 21.9 Å². The number of aromatic amines is 1. The van der Waals surface area contributed by atoms with Crippen molar-refractivity contribution in [2.24, 2.45) is 0 Å². The molecular weight excluding hydrogens is 590 g/mol. The number of hydrogen-bond acceptors (Lipinski definition) is 5. The average molecular weight is 606 g/mol. The number of hydrogen-bond donors (Lipinski definition) is 1. The second-order valence-electron chi connectivity index (χ2n) is 6.06. The van der Waals surface area contributed by atoms with Gasteiger partial charge in [0.1, 0.15) is 0 Å². The van der Waals surface area contributed by atoms with Gasteiger partial charge in [-0.1, -0.05) is 48.2 Å². The SMILES string of the molecule is [CH2-]c1n[nH]c2cc(=O)n(Cc3ccccc3)nc12.[U+2].[c-]1ncnc2ccccc12. The van der Waals surface area contributed by atoms with Gasteiger partial charge in [-0.25, -0.2) is 16.7 Å². The van der Waals surface area contributed by atoms with E-state index in [9.17, 15) is 4.79 Å². The molecule has 0 radical (unpaired) electrons. The van der Waals surface area contributed by atoms with Crippen LogP contribution in [0.4, 0.5) is 0 Å². The van der Waals surface area contributed by atoms with Crippen LogP contribution in [0.3, 0.4) is 0 Å². The van der Waals surface area contributed by atoms with Crippen LogP contribution in [0.2, 0.25) is 0 Å². The Morgan fingerprint density at radius 2 is 1.83 bits per heavy atom. The molecule has 140 valence electrons. The Hall–Kier alpha value is -2.95. The standard InChI is InChI=1S/C13H11N4O.C8H5N2.U/c1-9-13-11(15-14-9)7-12(18)17(16-13)8-10-5-3-2-4-6-10;1-2-4-8-7(3-1)5-9-6-10-8;/h2-7,15H,1,8H2;1-4,6H;/q2*-1;+2. The van der Waals surface area contributed by atoms with Crippen LogP contribution in [0, 0.1) is 44.2 Å². The molecule has 2 aromatic carbocycles. The fourth-order valence-electron chi connectivity index (χ4n) is 2.71. The third kappa shape index (κ3) is 4.91. The van der Waals surface area contributed by atoms with Crippen molar-refractivity contribution in [3.05, 3.63) is 102 Å². The van der Waals surface area contributed by atoms with E-state index >= 15 is 0 Å². The monoisotopic (exact) mass is 606 g/mol. The molecule has 0 saturated carbocycles. The maximum atomic E-state index is 11.9. The summed E-state index contributed by atoms with van der Waals surface area (Å²) in [6.45, 7) is 4.21. The van der Waals surface area contributed by atoms with E-state index in [4.69, 9.17) is 0 Å². The summed E-state index contributed by atoms with van der Waals surface area (Å²) in [7, 11) is 0. The topological polar surface area (TPSA) is 89.4 Å². The Balaban J connectivity index is 0.000000186. The Kier molecular flexibility index (Phi) is 6.81. The summed E-state index contributed by atoms with van der Waals surface area (Å²) in [5.74, 6) is 0. The van der Waals surface area contributed by atoms with Gasteiger partial charge in [-0.15, -0.1) is 17.5 Å². The van der Waals surface area contributed by atoms with Crippen LogP contribution >= 0.6 is 0 Å². The minimum atomic E-state index is -0.157. The van der Waals surface area contributed by atoms with E-state index in [2.05, 4.69) is 38.4 Å². The zero-order chi connectivity index (χ0) is 19.3. The third-order valence-corrected chi connectivity index (χ3v) is 4.10. The van der Waals surface area contributed by atoms with Gasteiger partial charge in [-0.2, -0.15) is 0 Å². The van der Waals surface area contributed by atoms with Crippen LogP contribution in [-0.2, 0) is 6.54 Å². The molecule has 3 heterocycles. The van der Waals surface area contributed by atoms with Crippen molar-refractivity contribution in [1.29, 1.82) is 0 Å². The fraction of sp³-hybridized carbons (Fsp3) is 0.0476. The number of fused-ring (bicyclic) bond motifs is 2. The van der Waals surface area contributed by atoms with Gasteiger partial charge >= 0.3 is 31.1 Å². The first-order valence-electron chi connectivity index (χ1n) is 8.60. The summed E-state index contributed by atoms with van der Waals surface area (Å²) in [5, 5.41) is 11.9. The molecule has 1 N–H and O–H groups in total. The first kappa shape index (κ1) is 20.8. The summed E-state index contributed by atoms with van der Waals surface area (Å²) < 4.78 is 1.42. The zero-order valence-corrected chi connectivity index (χ0v) is 19.6. The molecule has 0 amide bonds. The molecule has 0 fully saturated rings. The number of nitrogens with zero attached hydrogens (tertiary/aromatic N) is 5. The molecule has 0 bridgehead atoms. The Morgan fingerprint density at radius 3 is 2.62 bits per heavy atom. The normalized spacial score (nSPS) is 10.2. The molecule has 0 aliphatic heterocycles. The number of H-pyrrole nitrogens is 1. The molecule has 0 unspecified atom stereocenters. The second-order valence-corrected chi connectivity index (χ2v) is 6.06. The van der Waals surface area contributed by atoms with Crippen molar-refractivity contribution in [2.45, 2.75) is 6.54 Å².